The normalized spacial score (nSPS) is 11.3. The van der Waals surface area contributed by atoms with E-state index in [0.29, 0.717) is 6.61 Å². The number of rotatable bonds is 5. The number of imidazole rings is 1. The van der Waals surface area contributed by atoms with E-state index < -0.39 is 0 Å². The fourth-order valence-corrected chi connectivity index (χ4v) is 2.53. The molecular weight excluding hydrogens is 288 g/mol. The molecule has 0 fully saturated rings. The third-order valence-corrected chi connectivity index (χ3v) is 3.65. The van der Waals surface area contributed by atoms with Crippen LogP contribution in [-0.2, 0) is 6.61 Å². The zero-order chi connectivity index (χ0) is 16.2. The van der Waals surface area contributed by atoms with Crippen molar-refractivity contribution in [3.05, 3.63) is 65.6 Å². The van der Waals surface area contributed by atoms with Crippen LogP contribution in [0.2, 0.25) is 0 Å². The van der Waals surface area contributed by atoms with Crippen molar-refractivity contribution in [3.8, 4) is 11.5 Å². The summed E-state index contributed by atoms with van der Waals surface area (Å²) >= 11 is 0. The van der Waals surface area contributed by atoms with E-state index in [2.05, 4.69) is 18.0 Å². The average molecular weight is 308 g/mol. The Bertz CT molecular complexity index is 850. The molecule has 23 heavy (non-hydrogen) atoms. The van der Waals surface area contributed by atoms with Gasteiger partial charge in [0.1, 0.15) is 12.3 Å². The minimum Gasteiger partial charge on any atom is -0.493 e. The maximum Gasteiger partial charge on any atom is 0.161 e. The van der Waals surface area contributed by atoms with E-state index in [9.17, 15) is 0 Å². The van der Waals surface area contributed by atoms with Gasteiger partial charge >= 0.3 is 0 Å². The number of ether oxygens (including phenoxy) is 2. The van der Waals surface area contributed by atoms with Crippen LogP contribution in [-0.4, -0.2) is 16.5 Å². The number of hydrogen-bond acceptors (Lipinski definition) is 3. The number of methoxy groups -OCH3 is 1. The van der Waals surface area contributed by atoms with Crippen LogP contribution in [0, 0.1) is 6.92 Å². The van der Waals surface area contributed by atoms with E-state index in [1.54, 1.807) is 7.11 Å². The van der Waals surface area contributed by atoms with Gasteiger partial charge in [0.2, 0.25) is 0 Å². The molecule has 0 bridgehead atoms. The van der Waals surface area contributed by atoms with Crippen molar-refractivity contribution in [1.29, 1.82) is 0 Å². The van der Waals surface area contributed by atoms with Gasteiger partial charge in [-0.15, -0.1) is 0 Å². The Hall–Kier alpha value is -2.75. The minimum atomic E-state index is 0.403. The highest BCUT2D eigenvalue weighted by atomic mass is 16.5. The zero-order valence-corrected chi connectivity index (χ0v) is 13.6. The highest BCUT2D eigenvalue weighted by Crippen LogP contribution is 2.29. The van der Waals surface area contributed by atoms with Gasteiger partial charge in [0.05, 0.1) is 12.8 Å². The predicted octanol–water partition coefficient (Wildman–Crippen LogP) is 4.26. The summed E-state index contributed by atoms with van der Waals surface area (Å²) in [6, 6.07) is 9.96. The Kier molecular flexibility index (Phi) is 4.33. The van der Waals surface area contributed by atoms with Gasteiger partial charge in [-0.25, -0.2) is 4.98 Å². The van der Waals surface area contributed by atoms with Gasteiger partial charge in [0.25, 0.3) is 0 Å². The molecule has 3 aromatic rings. The van der Waals surface area contributed by atoms with E-state index >= 15 is 0 Å². The number of fused-ring (bicyclic) bond motifs is 1. The van der Waals surface area contributed by atoms with E-state index in [-0.39, 0.29) is 0 Å². The van der Waals surface area contributed by atoms with Gasteiger partial charge in [0, 0.05) is 12.4 Å². The van der Waals surface area contributed by atoms with Gasteiger partial charge in [-0.2, -0.15) is 0 Å². The Morgan fingerprint density at radius 1 is 1.22 bits per heavy atom. The Balaban J connectivity index is 1.80. The summed E-state index contributed by atoms with van der Waals surface area (Å²) in [6.45, 7) is 4.44. The highest BCUT2D eigenvalue weighted by Gasteiger charge is 2.08. The molecule has 0 spiro atoms. The van der Waals surface area contributed by atoms with E-state index in [0.717, 1.165) is 34.0 Å². The summed E-state index contributed by atoms with van der Waals surface area (Å²) in [5.41, 5.74) is 4.08. The molecule has 4 nitrogen and oxygen atoms in total. The van der Waals surface area contributed by atoms with Crippen molar-refractivity contribution in [3.63, 3.8) is 0 Å². The lowest BCUT2D eigenvalue weighted by Crippen LogP contribution is -1.98. The number of allylic oxidation sites excluding steroid dienone is 1. The van der Waals surface area contributed by atoms with Crippen LogP contribution in [0.15, 0.2) is 48.8 Å². The molecule has 1 aromatic carbocycles. The van der Waals surface area contributed by atoms with Crippen molar-refractivity contribution in [1.82, 2.24) is 9.38 Å². The smallest absolute Gasteiger partial charge is 0.161 e. The second kappa shape index (κ2) is 6.57. The third-order valence-electron chi connectivity index (χ3n) is 3.65. The lowest BCUT2D eigenvalue weighted by atomic mass is 10.2. The van der Waals surface area contributed by atoms with E-state index in [1.165, 1.54) is 0 Å². The maximum absolute atomic E-state index is 5.89. The fraction of sp³-hybridized carbons (Fsp3) is 0.211. The third kappa shape index (κ3) is 3.21. The van der Waals surface area contributed by atoms with Crippen molar-refractivity contribution in [2.45, 2.75) is 20.5 Å². The summed E-state index contributed by atoms with van der Waals surface area (Å²) in [7, 11) is 1.65. The number of aromatic nitrogens is 2. The second-order valence-electron chi connectivity index (χ2n) is 5.35. The quantitative estimate of drug-likeness (QED) is 0.706. The number of nitrogens with zero attached hydrogens (tertiary/aromatic N) is 2. The van der Waals surface area contributed by atoms with Gasteiger partial charge in [-0.1, -0.05) is 24.3 Å². The minimum absolute atomic E-state index is 0.403. The first-order valence-corrected chi connectivity index (χ1v) is 7.58. The molecule has 2 heterocycles. The molecule has 4 heteroatoms. The molecule has 0 aliphatic heterocycles. The highest BCUT2D eigenvalue weighted by molar-refractivity contribution is 5.55. The van der Waals surface area contributed by atoms with Crippen molar-refractivity contribution in [2.75, 3.05) is 7.11 Å². The first-order chi connectivity index (χ1) is 11.2. The largest absolute Gasteiger partial charge is 0.493 e. The summed E-state index contributed by atoms with van der Waals surface area (Å²) in [5.74, 6) is 1.44. The van der Waals surface area contributed by atoms with E-state index in [1.807, 2.05) is 60.1 Å². The van der Waals surface area contributed by atoms with Crippen LogP contribution in [0.25, 0.3) is 11.7 Å². The Morgan fingerprint density at radius 2 is 2.09 bits per heavy atom. The van der Waals surface area contributed by atoms with Gasteiger partial charge in [0.15, 0.2) is 11.5 Å². The SMILES string of the molecule is CC=Cc1ccc(OCc2cn3cccc(C)c3n2)c(OC)c1. The molecule has 0 aliphatic carbocycles. The molecule has 0 radical (unpaired) electrons. The first kappa shape index (κ1) is 15.2. The Labute approximate surface area is 136 Å². The molecule has 3 rings (SSSR count). The average Bonchev–Trinajstić information content (AvgIpc) is 2.98. The van der Waals surface area contributed by atoms with Crippen LogP contribution in [0.4, 0.5) is 0 Å². The van der Waals surface area contributed by atoms with Crippen molar-refractivity contribution in [2.24, 2.45) is 0 Å². The predicted molar refractivity (Wildman–Crippen MR) is 92.0 cm³/mol. The zero-order valence-electron chi connectivity index (χ0n) is 13.6. The van der Waals surface area contributed by atoms with Crippen molar-refractivity contribution < 1.29 is 9.47 Å². The topological polar surface area (TPSA) is 35.8 Å². The molecule has 0 atom stereocenters. The van der Waals surface area contributed by atoms with Gasteiger partial charge in [-0.3, -0.25) is 0 Å². The van der Waals surface area contributed by atoms with Gasteiger partial charge in [-0.05, 0) is 43.2 Å². The van der Waals surface area contributed by atoms with E-state index in [4.69, 9.17) is 9.47 Å². The number of aryl methyl sites for hydroxylation is 1. The summed E-state index contributed by atoms with van der Waals surface area (Å²) < 4.78 is 13.3. The molecule has 0 saturated carbocycles. The lowest BCUT2D eigenvalue weighted by molar-refractivity contribution is 0.281. The molecule has 0 N–H and O–H groups in total. The second-order valence-corrected chi connectivity index (χ2v) is 5.35. The van der Waals surface area contributed by atoms with Crippen LogP contribution in [0.3, 0.4) is 0 Å². The monoisotopic (exact) mass is 308 g/mol. The first-order valence-electron chi connectivity index (χ1n) is 7.58. The number of pyridine rings is 1. The maximum atomic E-state index is 5.89. The molecule has 0 aliphatic rings. The molecule has 2 aromatic heterocycles. The molecule has 0 amide bonds. The number of hydrogen-bond donors (Lipinski definition) is 0. The summed E-state index contributed by atoms with van der Waals surface area (Å²) in [6.07, 6.45) is 8.00. The molecule has 0 unspecified atom stereocenters. The summed E-state index contributed by atoms with van der Waals surface area (Å²) in [4.78, 5) is 4.62. The van der Waals surface area contributed by atoms with Crippen LogP contribution >= 0.6 is 0 Å². The van der Waals surface area contributed by atoms with Crippen molar-refractivity contribution >= 4 is 11.7 Å². The molecule has 0 saturated heterocycles. The van der Waals surface area contributed by atoms with Crippen LogP contribution in [0.1, 0.15) is 23.7 Å². The summed E-state index contributed by atoms with van der Waals surface area (Å²) in [5, 5.41) is 0. The molecule has 118 valence electrons. The number of benzene rings is 1. The van der Waals surface area contributed by atoms with Gasteiger partial charge < -0.3 is 13.9 Å². The fourth-order valence-electron chi connectivity index (χ4n) is 2.53. The van der Waals surface area contributed by atoms with Crippen LogP contribution < -0.4 is 9.47 Å². The molecular formula is C19H20N2O2. The Morgan fingerprint density at radius 3 is 2.83 bits per heavy atom. The van der Waals surface area contributed by atoms with Crippen LogP contribution in [0.5, 0.6) is 11.5 Å². The lowest BCUT2D eigenvalue weighted by Gasteiger charge is -2.10. The standard InChI is InChI=1S/C19H20N2O2/c1-4-6-15-8-9-17(18(11-15)22-3)23-13-16-12-21-10-5-7-14(2)19(21)20-16/h4-12H,13H2,1-3H3.